The summed E-state index contributed by atoms with van der Waals surface area (Å²) in [6.45, 7) is 4.18. The van der Waals surface area contributed by atoms with E-state index < -0.39 is 0 Å². The van der Waals surface area contributed by atoms with E-state index in [0.29, 0.717) is 12.2 Å². The zero-order valence-corrected chi connectivity index (χ0v) is 17.7. The SMILES string of the molecule is C[C@](N)(I)Cc1cc(N)c2c(c1)CCN2CCCOC(=O)c1ccccc1. The Morgan fingerprint density at radius 1 is 1.30 bits per heavy atom. The molecule has 3 rings (SSSR count). The number of ether oxygens (including phenoxy) is 1. The number of rotatable bonds is 7. The summed E-state index contributed by atoms with van der Waals surface area (Å²) in [5, 5.41) is 0. The van der Waals surface area contributed by atoms with Gasteiger partial charge in [-0.05, 0) is 55.5 Å². The summed E-state index contributed by atoms with van der Waals surface area (Å²) >= 11 is 2.26. The number of anilines is 2. The fourth-order valence-corrected chi connectivity index (χ4v) is 3.97. The molecular weight excluding hydrogens is 453 g/mol. The zero-order valence-electron chi connectivity index (χ0n) is 15.6. The number of nitrogens with two attached hydrogens (primary N) is 2. The van der Waals surface area contributed by atoms with E-state index in [1.165, 1.54) is 11.1 Å². The Bertz CT molecular complexity index is 803. The van der Waals surface area contributed by atoms with Crippen LogP contribution in [0, 0.1) is 0 Å². The van der Waals surface area contributed by atoms with Gasteiger partial charge in [-0.1, -0.05) is 46.9 Å². The van der Waals surface area contributed by atoms with Crippen molar-refractivity contribution < 1.29 is 9.53 Å². The van der Waals surface area contributed by atoms with E-state index in [9.17, 15) is 4.79 Å². The molecule has 1 aliphatic heterocycles. The van der Waals surface area contributed by atoms with Crippen LogP contribution in [-0.4, -0.2) is 29.2 Å². The van der Waals surface area contributed by atoms with Gasteiger partial charge in [-0.15, -0.1) is 0 Å². The van der Waals surface area contributed by atoms with Gasteiger partial charge in [0.2, 0.25) is 0 Å². The molecule has 5 nitrogen and oxygen atoms in total. The Balaban J connectivity index is 1.54. The highest BCUT2D eigenvalue weighted by Crippen LogP contribution is 2.36. The highest BCUT2D eigenvalue weighted by molar-refractivity contribution is 14.1. The summed E-state index contributed by atoms with van der Waals surface area (Å²) in [7, 11) is 0. The molecule has 2 aromatic carbocycles. The number of carbonyl (C=O) groups excluding carboxylic acids is 1. The van der Waals surface area contributed by atoms with Gasteiger partial charge in [-0.25, -0.2) is 4.79 Å². The molecule has 144 valence electrons. The summed E-state index contributed by atoms with van der Waals surface area (Å²) in [6, 6.07) is 13.3. The van der Waals surface area contributed by atoms with Crippen molar-refractivity contribution in [3.63, 3.8) is 0 Å². The molecule has 0 saturated carbocycles. The lowest BCUT2D eigenvalue weighted by atomic mass is 10.0. The van der Waals surface area contributed by atoms with Gasteiger partial charge >= 0.3 is 5.97 Å². The van der Waals surface area contributed by atoms with E-state index in [1.807, 2.05) is 31.2 Å². The maximum absolute atomic E-state index is 12.0. The first-order chi connectivity index (χ1) is 12.8. The minimum atomic E-state index is -0.278. The number of hydrogen-bond acceptors (Lipinski definition) is 5. The molecule has 0 spiro atoms. The number of fused-ring (bicyclic) bond motifs is 1. The van der Waals surface area contributed by atoms with Crippen LogP contribution >= 0.6 is 22.6 Å². The number of halogens is 1. The number of alkyl halides is 1. The molecule has 1 heterocycles. The van der Waals surface area contributed by atoms with Crippen LogP contribution < -0.4 is 16.4 Å². The second-order valence-corrected chi connectivity index (χ2v) is 9.70. The van der Waals surface area contributed by atoms with Crippen LogP contribution in [0.15, 0.2) is 42.5 Å². The molecule has 0 aliphatic carbocycles. The van der Waals surface area contributed by atoms with Gasteiger partial charge < -0.3 is 21.1 Å². The van der Waals surface area contributed by atoms with Crippen LogP contribution in [0.2, 0.25) is 0 Å². The summed E-state index contributed by atoms with van der Waals surface area (Å²) < 4.78 is 5.09. The summed E-state index contributed by atoms with van der Waals surface area (Å²) in [6.07, 6.45) is 2.55. The van der Waals surface area contributed by atoms with Crippen molar-refractivity contribution in [2.24, 2.45) is 5.73 Å². The van der Waals surface area contributed by atoms with Crippen molar-refractivity contribution >= 4 is 39.9 Å². The second kappa shape index (κ2) is 8.48. The van der Waals surface area contributed by atoms with E-state index in [4.69, 9.17) is 16.2 Å². The standard InChI is InChI=1S/C21H26IN3O2/c1-21(22,24)14-15-12-17-8-10-25(19(17)18(23)13-15)9-5-11-27-20(26)16-6-3-2-4-7-16/h2-4,6-7,12-13H,5,8-11,14,23-24H2,1H3/t21-/m1/s1. The summed E-state index contributed by atoms with van der Waals surface area (Å²) in [5.41, 5.74) is 17.5. The predicted octanol–water partition coefficient (Wildman–Crippen LogP) is 3.53. The van der Waals surface area contributed by atoms with Crippen molar-refractivity contribution in [3.05, 3.63) is 59.2 Å². The molecule has 0 amide bonds. The molecule has 0 radical (unpaired) electrons. The van der Waals surface area contributed by atoms with Crippen LogP contribution in [0.4, 0.5) is 11.4 Å². The van der Waals surface area contributed by atoms with E-state index in [1.54, 1.807) is 12.1 Å². The van der Waals surface area contributed by atoms with Crippen LogP contribution in [0.25, 0.3) is 0 Å². The first kappa shape index (κ1) is 19.9. The Labute approximate surface area is 174 Å². The molecule has 27 heavy (non-hydrogen) atoms. The highest BCUT2D eigenvalue weighted by Gasteiger charge is 2.24. The Kier molecular flexibility index (Phi) is 6.26. The number of nitrogens with zero attached hydrogens (tertiary/aromatic N) is 1. The molecule has 1 atom stereocenters. The maximum atomic E-state index is 12.0. The minimum absolute atomic E-state index is 0.273. The van der Waals surface area contributed by atoms with Crippen LogP contribution in [0.5, 0.6) is 0 Å². The summed E-state index contributed by atoms with van der Waals surface area (Å²) in [5.74, 6) is -0.273. The van der Waals surface area contributed by atoms with Gasteiger partial charge in [0.05, 0.1) is 27.1 Å². The van der Waals surface area contributed by atoms with Gasteiger partial charge in [0.25, 0.3) is 0 Å². The molecule has 6 heteroatoms. The third-order valence-corrected chi connectivity index (χ3v) is 4.99. The fraction of sp³-hybridized carbons (Fsp3) is 0.381. The lowest BCUT2D eigenvalue weighted by molar-refractivity contribution is 0.0502. The number of carbonyl (C=O) groups is 1. The number of hydrogen-bond donors (Lipinski definition) is 2. The maximum Gasteiger partial charge on any atom is 0.338 e. The van der Waals surface area contributed by atoms with Crippen molar-refractivity contribution in [2.45, 2.75) is 29.7 Å². The van der Waals surface area contributed by atoms with E-state index in [2.05, 4.69) is 33.6 Å². The monoisotopic (exact) mass is 479 g/mol. The number of nitrogen functional groups attached to an aromatic ring is 1. The van der Waals surface area contributed by atoms with Crippen LogP contribution in [-0.2, 0) is 17.6 Å². The first-order valence-corrected chi connectivity index (χ1v) is 10.3. The second-order valence-electron chi connectivity index (χ2n) is 7.24. The Hall–Kier alpha value is -1.80. The highest BCUT2D eigenvalue weighted by atomic mass is 127. The van der Waals surface area contributed by atoms with E-state index in [0.717, 1.165) is 43.7 Å². The van der Waals surface area contributed by atoms with E-state index in [-0.39, 0.29) is 9.51 Å². The largest absolute Gasteiger partial charge is 0.462 e. The predicted molar refractivity (Wildman–Crippen MR) is 118 cm³/mol. The Morgan fingerprint density at radius 2 is 2.04 bits per heavy atom. The quantitative estimate of drug-likeness (QED) is 0.159. The lowest BCUT2D eigenvalue weighted by Crippen LogP contribution is -2.30. The van der Waals surface area contributed by atoms with Gasteiger partial charge in [0.1, 0.15) is 0 Å². The molecule has 0 fully saturated rings. The minimum Gasteiger partial charge on any atom is -0.462 e. The fourth-order valence-electron chi connectivity index (χ4n) is 3.53. The van der Waals surface area contributed by atoms with Gasteiger partial charge in [0.15, 0.2) is 0 Å². The number of benzene rings is 2. The smallest absolute Gasteiger partial charge is 0.338 e. The van der Waals surface area contributed by atoms with Crippen LogP contribution in [0.3, 0.4) is 0 Å². The van der Waals surface area contributed by atoms with Gasteiger partial charge in [0, 0.05) is 13.1 Å². The van der Waals surface area contributed by atoms with Crippen molar-refractivity contribution in [1.29, 1.82) is 0 Å². The molecule has 2 aromatic rings. The normalized spacial score (nSPS) is 15.3. The first-order valence-electron chi connectivity index (χ1n) is 9.20. The molecule has 0 bridgehead atoms. The molecule has 0 aromatic heterocycles. The molecule has 0 unspecified atom stereocenters. The average Bonchev–Trinajstić information content (AvgIpc) is 3.01. The Morgan fingerprint density at radius 3 is 2.74 bits per heavy atom. The molecule has 4 N–H and O–H groups in total. The topological polar surface area (TPSA) is 81.6 Å². The third kappa shape index (κ3) is 5.35. The third-order valence-electron chi connectivity index (χ3n) is 4.61. The summed E-state index contributed by atoms with van der Waals surface area (Å²) in [4.78, 5) is 14.3. The average molecular weight is 479 g/mol. The zero-order chi connectivity index (χ0) is 19.4. The van der Waals surface area contributed by atoms with Crippen LogP contribution in [0.1, 0.15) is 34.8 Å². The van der Waals surface area contributed by atoms with Gasteiger partial charge in [-0.2, -0.15) is 0 Å². The lowest BCUT2D eigenvalue weighted by Gasteiger charge is -2.22. The molecular formula is C21H26IN3O2. The van der Waals surface area contributed by atoms with Crippen molar-refractivity contribution in [1.82, 2.24) is 0 Å². The molecule has 0 saturated heterocycles. The van der Waals surface area contributed by atoms with Crippen molar-refractivity contribution in [3.8, 4) is 0 Å². The molecule has 1 aliphatic rings. The van der Waals surface area contributed by atoms with Gasteiger partial charge in [-0.3, -0.25) is 0 Å². The number of esters is 1. The van der Waals surface area contributed by atoms with Crippen molar-refractivity contribution in [2.75, 3.05) is 30.3 Å². The van der Waals surface area contributed by atoms with E-state index >= 15 is 0 Å².